The predicted molar refractivity (Wildman–Crippen MR) is 74.5 cm³/mol. The van der Waals surface area contributed by atoms with Crippen molar-refractivity contribution in [2.24, 2.45) is 5.92 Å². The van der Waals surface area contributed by atoms with Crippen LogP contribution in [0, 0.1) is 5.92 Å². The molecule has 0 bridgehead atoms. The van der Waals surface area contributed by atoms with Gasteiger partial charge in [0.1, 0.15) is 11.7 Å². The fourth-order valence-electron chi connectivity index (χ4n) is 2.32. The average Bonchev–Trinajstić information content (AvgIpc) is 2.33. The highest BCUT2D eigenvalue weighted by Crippen LogP contribution is 2.27. The third kappa shape index (κ3) is 5.17. The van der Waals surface area contributed by atoms with Gasteiger partial charge in [-0.1, -0.05) is 0 Å². The number of hydrogen-bond donors (Lipinski definition) is 3. The Balaban J connectivity index is 2.79. The summed E-state index contributed by atoms with van der Waals surface area (Å²) in [6.07, 6.45) is -2.36. The second-order valence-electron chi connectivity index (χ2n) is 6.17. The van der Waals surface area contributed by atoms with Crippen molar-refractivity contribution < 1.29 is 29.3 Å². The van der Waals surface area contributed by atoms with Crippen molar-refractivity contribution in [3.8, 4) is 0 Å². The Morgan fingerprint density at radius 3 is 2.38 bits per heavy atom. The molecule has 0 saturated heterocycles. The molecule has 1 aliphatic rings. The van der Waals surface area contributed by atoms with E-state index in [1.807, 2.05) is 0 Å². The third-order valence-corrected chi connectivity index (χ3v) is 3.24. The predicted octanol–water partition coefficient (Wildman–Crippen LogP) is 0.575. The van der Waals surface area contributed by atoms with Crippen LogP contribution >= 0.6 is 0 Å². The summed E-state index contributed by atoms with van der Waals surface area (Å²) >= 11 is 0. The Labute approximate surface area is 124 Å². The fraction of sp³-hybridized carbons (Fsp3) is 0.857. The Morgan fingerprint density at radius 2 is 1.86 bits per heavy atom. The minimum atomic E-state index is -1.24. The summed E-state index contributed by atoms with van der Waals surface area (Å²) in [4.78, 5) is 23.7. The molecule has 0 aliphatic heterocycles. The van der Waals surface area contributed by atoms with Crippen molar-refractivity contribution in [1.29, 1.82) is 0 Å². The van der Waals surface area contributed by atoms with Crippen LogP contribution in [0.1, 0.15) is 40.5 Å². The lowest BCUT2D eigenvalue weighted by Crippen LogP contribution is -2.58. The number of aliphatic hydroxyl groups excluding tert-OH is 2. The molecule has 7 heteroatoms. The lowest BCUT2D eigenvalue weighted by molar-refractivity contribution is -0.154. The highest BCUT2D eigenvalue weighted by Gasteiger charge is 2.43. The lowest BCUT2D eigenvalue weighted by atomic mass is 9.81. The molecule has 0 heterocycles. The first-order valence-electron chi connectivity index (χ1n) is 7.18. The van der Waals surface area contributed by atoms with Crippen molar-refractivity contribution in [3.63, 3.8) is 0 Å². The van der Waals surface area contributed by atoms with Gasteiger partial charge in [-0.05, 0) is 40.5 Å². The number of carbonyl (C=O) groups excluding carboxylic acids is 2. The van der Waals surface area contributed by atoms with Crippen LogP contribution in [0.25, 0.3) is 0 Å². The summed E-state index contributed by atoms with van der Waals surface area (Å²) in [6.45, 7) is 7.03. The number of carbonyl (C=O) groups is 2. The number of alkyl carbamates (subject to hydrolysis) is 1. The van der Waals surface area contributed by atoms with Crippen LogP contribution in [-0.4, -0.2) is 52.7 Å². The number of ether oxygens (including phenoxy) is 2. The molecule has 0 unspecified atom stereocenters. The maximum absolute atomic E-state index is 11.9. The average molecular weight is 303 g/mol. The van der Waals surface area contributed by atoms with Crippen molar-refractivity contribution in [1.82, 2.24) is 5.32 Å². The summed E-state index contributed by atoms with van der Waals surface area (Å²) in [5, 5.41) is 22.2. The minimum Gasteiger partial charge on any atom is -0.466 e. The largest absolute Gasteiger partial charge is 0.466 e. The van der Waals surface area contributed by atoms with Gasteiger partial charge in [0.15, 0.2) is 0 Å². The molecule has 4 atom stereocenters. The van der Waals surface area contributed by atoms with E-state index in [0.717, 1.165) is 0 Å². The van der Waals surface area contributed by atoms with Gasteiger partial charge >= 0.3 is 12.1 Å². The van der Waals surface area contributed by atoms with Gasteiger partial charge in [0.2, 0.25) is 0 Å². The molecule has 0 aromatic rings. The third-order valence-electron chi connectivity index (χ3n) is 3.24. The first-order valence-corrected chi connectivity index (χ1v) is 7.18. The second-order valence-corrected chi connectivity index (χ2v) is 6.17. The summed E-state index contributed by atoms with van der Waals surface area (Å²) in [7, 11) is 0. The van der Waals surface area contributed by atoms with Crippen LogP contribution in [0.4, 0.5) is 4.79 Å². The summed E-state index contributed by atoms with van der Waals surface area (Å²) in [5.74, 6) is -1.19. The topological polar surface area (TPSA) is 105 Å². The van der Waals surface area contributed by atoms with Crippen LogP contribution in [0.3, 0.4) is 0 Å². The van der Waals surface area contributed by atoms with Gasteiger partial charge in [-0.15, -0.1) is 0 Å². The molecule has 7 nitrogen and oxygen atoms in total. The monoisotopic (exact) mass is 303 g/mol. The molecule has 0 spiro atoms. The molecule has 1 aliphatic carbocycles. The number of amides is 1. The Morgan fingerprint density at radius 1 is 1.24 bits per heavy atom. The lowest BCUT2D eigenvalue weighted by Gasteiger charge is -2.37. The van der Waals surface area contributed by atoms with Crippen LogP contribution in [0.5, 0.6) is 0 Å². The molecule has 0 aromatic carbocycles. The zero-order valence-corrected chi connectivity index (χ0v) is 13.0. The Bertz CT molecular complexity index is 378. The zero-order chi connectivity index (χ0) is 16.2. The van der Waals surface area contributed by atoms with Gasteiger partial charge in [-0.3, -0.25) is 4.79 Å². The maximum Gasteiger partial charge on any atom is 0.407 e. The van der Waals surface area contributed by atoms with Gasteiger partial charge in [-0.25, -0.2) is 4.79 Å². The number of aliphatic hydroxyl groups is 2. The van der Waals surface area contributed by atoms with Crippen molar-refractivity contribution in [2.45, 2.75) is 64.4 Å². The van der Waals surface area contributed by atoms with E-state index in [4.69, 9.17) is 9.47 Å². The molecule has 1 fully saturated rings. The SMILES string of the molecule is CCOC(=O)[C@@H]1CC[C@@H](O)[C@@H](O)[C@@H]1NC(=O)OC(C)(C)C. The number of rotatable bonds is 3. The van der Waals surface area contributed by atoms with Crippen molar-refractivity contribution >= 4 is 12.1 Å². The molecular weight excluding hydrogens is 278 g/mol. The fourth-order valence-corrected chi connectivity index (χ4v) is 2.32. The molecular formula is C14H25NO6. The molecule has 21 heavy (non-hydrogen) atoms. The van der Waals surface area contributed by atoms with Gasteiger partial charge < -0.3 is 25.0 Å². The van der Waals surface area contributed by atoms with E-state index >= 15 is 0 Å². The van der Waals surface area contributed by atoms with Crippen molar-refractivity contribution in [3.05, 3.63) is 0 Å². The summed E-state index contributed by atoms with van der Waals surface area (Å²) in [6, 6.07) is -0.928. The first-order chi connectivity index (χ1) is 9.65. The first kappa shape index (κ1) is 17.7. The molecule has 0 radical (unpaired) electrons. The second kappa shape index (κ2) is 7.09. The number of esters is 1. The molecule has 1 amide bonds. The molecule has 1 rings (SSSR count). The van der Waals surface area contributed by atoms with Gasteiger partial charge in [-0.2, -0.15) is 0 Å². The normalized spacial score (nSPS) is 29.6. The summed E-state index contributed by atoms with van der Waals surface area (Å²) < 4.78 is 10.1. The minimum absolute atomic E-state index is 0.215. The maximum atomic E-state index is 11.9. The van der Waals surface area contributed by atoms with Crippen LogP contribution in [-0.2, 0) is 14.3 Å². The standard InChI is InChI=1S/C14H25NO6/c1-5-20-12(18)8-6-7-9(16)11(17)10(8)15-13(19)21-14(2,3)4/h8-11,16-17H,5-7H2,1-4H3,(H,15,19)/t8-,9-,10-,11-/m1/s1. The zero-order valence-electron chi connectivity index (χ0n) is 13.0. The highest BCUT2D eigenvalue weighted by molar-refractivity contribution is 5.75. The number of nitrogens with one attached hydrogen (secondary N) is 1. The molecule has 1 saturated carbocycles. The smallest absolute Gasteiger partial charge is 0.407 e. The highest BCUT2D eigenvalue weighted by atomic mass is 16.6. The van der Waals surface area contributed by atoms with E-state index in [1.54, 1.807) is 27.7 Å². The Kier molecular flexibility index (Phi) is 5.98. The van der Waals surface area contributed by atoms with E-state index in [2.05, 4.69) is 5.32 Å². The molecule has 0 aromatic heterocycles. The van der Waals surface area contributed by atoms with Crippen LogP contribution in [0.2, 0.25) is 0 Å². The van der Waals surface area contributed by atoms with Crippen LogP contribution < -0.4 is 5.32 Å². The van der Waals surface area contributed by atoms with Gasteiger partial charge in [0, 0.05) is 0 Å². The van der Waals surface area contributed by atoms with Gasteiger partial charge in [0.05, 0.1) is 24.7 Å². The van der Waals surface area contributed by atoms with Crippen LogP contribution in [0.15, 0.2) is 0 Å². The van der Waals surface area contributed by atoms with E-state index in [-0.39, 0.29) is 13.0 Å². The van der Waals surface area contributed by atoms with E-state index in [0.29, 0.717) is 6.42 Å². The molecule has 3 N–H and O–H groups in total. The Hall–Kier alpha value is -1.34. The quantitative estimate of drug-likeness (QED) is 0.659. The van der Waals surface area contributed by atoms with Gasteiger partial charge in [0.25, 0.3) is 0 Å². The summed E-state index contributed by atoms with van der Waals surface area (Å²) in [5.41, 5.74) is -0.693. The van der Waals surface area contributed by atoms with Crippen molar-refractivity contribution in [2.75, 3.05) is 6.61 Å². The van der Waals surface area contributed by atoms with E-state index in [1.165, 1.54) is 0 Å². The van der Waals surface area contributed by atoms with E-state index < -0.39 is 41.8 Å². The molecule has 122 valence electrons. The number of hydrogen-bond acceptors (Lipinski definition) is 6. The van der Waals surface area contributed by atoms with E-state index in [9.17, 15) is 19.8 Å².